The van der Waals surface area contributed by atoms with E-state index in [4.69, 9.17) is 14.0 Å². The van der Waals surface area contributed by atoms with Gasteiger partial charge in [0.2, 0.25) is 0 Å². The summed E-state index contributed by atoms with van der Waals surface area (Å²) >= 11 is 0. The molecule has 1 fully saturated rings. The molecule has 0 amide bonds. The maximum absolute atomic E-state index is 7.50. The maximum atomic E-state index is 7.50. The third-order valence-electron chi connectivity index (χ3n) is 0.556. The summed E-state index contributed by atoms with van der Waals surface area (Å²) in [5.41, 5.74) is 0. The Bertz CT molecular complexity index is 85.8. The van der Waals surface area contributed by atoms with Gasteiger partial charge in [-0.15, -0.1) is 0 Å². The summed E-state index contributed by atoms with van der Waals surface area (Å²) in [7, 11) is 0. The molecule has 0 atom stereocenters. The Kier molecular flexibility index (Phi) is 112. The Hall–Kier alpha value is 1.54. The summed E-state index contributed by atoms with van der Waals surface area (Å²) in [6, 6.07) is 0. The van der Waals surface area contributed by atoms with Gasteiger partial charge in [-0.05, 0) is 32.1 Å². The van der Waals surface area contributed by atoms with Crippen LogP contribution in [0, 0.1) is 52.1 Å². The van der Waals surface area contributed by atoms with Crippen LogP contribution in [0.5, 0.6) is 0 Å². The average Bonchev–Trinajstić information content (AvgIpc) is 2.71. The topological polar surface area (TPSA) is 59.7 Å². The van der Waals surface area contributed by atoms with Gasteiger partial charge < -0.3 is 0 Å². The molecule has 1 aliphatic carbocycles. The zero-order valence-corrected chi connectivity index (χ0v) is 12.1. The molecule has 0 aromatic carbocycles. The van der Waals surface area contributed by atoms with E-state index in [2.05, 4.69) is 20.0 Å². The van der Waals surface area contributed by atoms with Crippen molar-refractivity contribution in [2.24, 2.45) is 0 Å². The van der Waals surface area contributed by atoms with Crippen LogP contribution in [-0.4, -0.2) is 0 Å². The van der Waals surface area contributed by atoms with Crippen molar-refractivity contribution < 1.29 is 86.4 Å². The van der Waals surface area contributed by atoms with E-state index in [1.807, 2.05) is 32.1 Å². The van der Waals surface area contributed by atoms with Gasteiger partial charge >= 0.3 is 85.3 Å². The van der Waals surface area contributed by atoms with Crippen LogP contribution in [0.3, 0.4) is 0 Å². The van der Waals surface area contributed by atoms with E-state index >= 15 is 0 Å². The minimum Gasteiger partial charge on any atom is -0.0312 e. The molecule has 13 heavy (non-hydrogen) atoms. The molecule has 61 valence electrons. The standard InChI is InChI=1S/C5H5.3CO.K.Mo/c1-2-4-5-3-1;3*1-2;;/h1-5H;;;;;/q;;;;+1;. The molecule has 0 N–H and O–H groups in total. The molecule has 5 heteroatoms. The van der Waals surface area contributed by atoms with Gasteiger partial charge in [-0.3, -0.25) is 0 Å². The predicted octanol–water partition coefficient (Wildman–Crippen LogP) is -2.09. The first-order valence-corrected chi connectivity index (χ1v) is 2.28. The van der Waals surface area contributed by atoms with E-state index in [0.29, 0.717) is 0 Å². The fraction of sp³-hybridized carbons (Fsp3) is 0. The molecule has 1 saturated carbocycles. The van der Waals surface area contributed by atoms with Crippen molar-refractivity contribution in [3.63, 3.8) is 0 Å². The van der Waals surface area contributed by atoms with Crippen molar-refractivity contribution in [1.29, 1.82) is 0 Å². The van der Waals surface area contributed by atoms with Crippen molar-refractivity contribution >= 4 is 0 Å². The van der Waals surface area contributed by atoms with Crippen LogP contribution in [0.1, 0.15) is 0 Å². The summed E-state index contributed by atoms with van der Waals surface area (Å²) in [6.45, 7) is 13.5. The van der Waals surface area contributed by atoms with Crippen LogP contribution in [0.4, 0.5) is 0 Å². The zero-order chi connectivity index (χ0) is 9.54. The third-order valence-corrected chi connectivity index (χ3v) is 0.556. The van der Waals surface area contributed by atoms with E-state index in [-0.39, 0.29) is 72.4 Å². The largest absolute Gasteiger partial charge is 1.00 e. The number of rotatable bonds is 0. The van der Waals surface area contributed by atoms with E-state index in [1.54, 1.807) is 0 Å². The first-order valence-electron chi connectivity index (χ1n) is 2.28. The van der Waals surface area contributed by atoms with E-state index in [0.717, 1.165) is 0 Å². The fourth-order valence-electron chi connectivity index (χ4n) is 0.321. The van der Waals surface area contributed by atoms with Crippen molar-refractivity contribution in [2.45, 2.75) is 0 Å². The van der Waals surface area contributed by atoms with E-state index in [9.17, 15) is 0 Å². The molecule has 0 aliphatic heterocycles. The number of hydrogen-bond donors (Lipinski definition) is 0. The summed E-state index contributed by atoms with van der Waals surface area (Å²) in [6.07, 6.45) is 10.0. The van der Waals surface area contributed by atoms with Crippen molar-refractivity contribution in [2.75, 3.05) is 0 Å². The molecule has 0 aromatic heterocycles. The van der Waals surface area contributed by atoms with Gasteiger partial charge in [-0.1, -0.05) is 0 Å². The van der Waals surface area contributed by atoms with Gasteiger partial charge in [0.05, 0.1) is 0 Å². The van der Waals surface area contributed by atoms with Crippen LogP contribution in [-0.2, 0) is 35.0 Å². The Balaban J connectivity index is -0.0000000239. The summed E-state index contributed by atoms with van der Waals surface area (Å²) in [5, 5.41) is 0. The summed E-state index contributed by atoms with van der Waals surface area (Å²) in [4.78, 5) is 0. The van der Waals surface area contributed by atoms with Crippen LogP contribution >= 0.6 is 0 Å². The quantitative estimate of drug-likeness (QED) is 0.278. The minimum absolute atomic E-state index is 0. The molecule has 0 aromatic rings. The summed E-state index contributed by atoms with van der Waals surface area (Å²) in [5.74, 6) is 0. The van der Waals surface area contributed by atoms with Crippen LogP contribution in [0.15, 0.2) is 0 Å². The van der Waals surface area contributed by atoms with E-state index in [1.165, 1.54) is 0 Å². The zero-order valence-electron chi connectivity index (χ0n) is 7.02. The summed E-state index contributed by atoms with van der Waals surface area (Å²) < 4.78 is 22.5. The Morgan fingerprint density at radius 3 is 0.692 bits per heavy atom. The van der Waals surface area contributed by atoms with Crippen molar-refractivity contribution in [3.8, 4) is 0 Å². The van der Waals surface area contributed by atoms with Gasteiger partial charge in [0.15, 0.2) is 0 Å². The average molecular weight is 284 g/mol. The van der Waals surface area contributed by atoms with Gasteiger partial charge in [-0.25, -0.2) is 0 Å². The van der Waals surface area contributed by atoms with Crippen molar-refractivity contribution in [1.82, 2.24) is 0 Å². The first kappa shape index (κ1) is 29.3. The van der Waals surface area contributed by atoms with Crippen LogP contribution in [0.2, 0.25) is 0 Å². The molecule has 5 radical (unpaired) electrons. The molecule has 0 heterocycles. The second-order valence-corrected chi connectivity index (χ2v) is 0.962. The molecule has 0 saturated heterocycles. The van der Waals surface area contributed by atoms with E-state index < -0.39 is 0 Å². The predicted molar refractivity (Wildman–Crippen MR) is 33.3 cm³/mol. The third kappa shape index (κ3) is 42.1. The van der Waals surface area contributed by atoms with Crippen LogP contribution in [0.25, 0.3) is 0 Å². The smallest absolute Gasteiger partial charge is 0.0312 e. The molecule has 0 unspecified atom stereocenters. The minimum atomic E-state index is 0. The fourth-order valence-corrected chi connectivity index (χ4v) is 0.321. The van der Waals surface area contributed by atoms with Gasteiger partial charge in [-0.2, -0.15) is 0 Å². The van der Waals surface area contributed by atoms with Gasteiger partial charge in [0.25, 0.3) is 0 Å². The second kappa shape index (κ2) is 49.8. The molecule has 0 spiro atoms. The Morgan fingerprint density at radius 1 is 0.538 bits per heavy atom. The maximum Gasteiger partial charge on any atom is 1.00 e. The molecular weight excluding hydrogens is 279 g/mol. The van der Waals surface area contributed by atoms with Gasteiger partial charge in [0, 0.05) is 21.1 Å². The molecule has 1 aliphatic rings. The van der Waals surface area contributed by atoms with Crippen molar-refractivity contribution in [3.05, 3.63) is 52.1 Å². The number of hydrogen-bond acceptors (Lipinski definition) is 0. The SMILES string of the molecule is [C-]#[O+].[C-]#[O+].[C-]#[O+].[CH]1[CH][CH][CH][CH]1.[K+].[Mo]. The van der Waals surface area contributed by atoms with Crippen LogP contribution < -0.4 is 51.4 Å². The Morgan fingerprint density at radius 2 is 0.615 bits per heavy atom. The Labute approximate surface area is 136 Å². The monoisotopic (exact) mass is 286 g/mol. The molecule has 1 rings (SSSR count). The van der Waals surface area contributed by atoms with Gasteiger partial charge in [0.1, 0.15) is 0 Å². The molecule has 3 nitrogen and oxygen atoms in total. The second-order valence-electron chi connectivity index (χ2n) is 0.962. The normalized spacial score (nSPS) is 9.69. The molecule has 0 bridgehead atoms. The first-order chi connectivity index (χ1) is 5.50. The molecular formula is C8H5KMoO3+.